The Bertz CT molecular complexity index is 701. The lowest BCUT2D eigenvalue weighted by molar-refractivity contribution is -0.141. The van der Waals surface area contributed by atoms with Crippen molar-refractivity contribution in [3.63, 3.8) is 0 Å². The van der Waals surface area contributed by atoms with Gasteiger partial charge in [0.2, 0.25) is 0 Å². The molecule has 0 aliphatic carbocycles. The van der Waals surface area contributed by atoms with Crippen LogP contribution >= 0.6 is 0 Å². The number of hydrogen-bond donors (Lipinski definition) is 3. The molecule has 1 aliphatic rings. The van der Waals surface area contributed by atoms with Crippen molar-refractivity contribution in [2.75, 3.05) is 36.5 Å². The Morgan fingerprint density at radius 1 is 1.18 bits per heavy atom. The molecule has 1 aromatic rings. The molecule has 0 radical (unpaired) electrons. The lowest BCUT2D eigenvalue weighted by atomic mass is 10.1. The molecular formula is C20H30N4O4. The highest BCUT2D eigenvalue weighted by molar-refractivity contribution is 6.02. The molecule has 8 heteroatoms. The summed E-state index contributed by atoms with van der Waals surface area (Å²) in [6, 6.07) is 4.82. The molecule has 8 nitrogen and oxygen atoms in total. The number of rotatable bonds is 8. The van der Waals surface area contributed by atoms with Crippen LogP contribution in [-0.2, 0) is 9.53 Å². The monoisotopic (exact) mass is 390 g/mol. The second-order valence-corrected chi connectivity index (χ2v) is 6.82. The van der Waals surface area contributed by atoms with E-state index >= 15 is 0 Å². The standard InChI is InChI=1S/C20H30N4O4/c1-4-14(3)22-19(26)16-12-15(8-9-17(16)24-10-6-7-11-24)23-20(27)21-13-18(25)28-5-2/h8-9,12,14H,4-7,10-11,13H2,1-3H3,(H,22,26)(H2,21,23,27)/t14-/m1/s1. The summed E-state index contributed by atoms with van der Waals surface area (Å²) in [5.74, 6) is -0.664. The molecule has 1 saturated heterocycles. The zero-order valence-electron chi connectivity index (χ0n) is 16.8. The summed E-state index contributed by atoms with van der Waals surface area (Å²) in [5.41, 5.74) is 1.89. The summed E-state index contributed by atoms with van der Waals surface area (Å²) in [7, 11) is 0. The Balaban J connectivity index is 2.12. The molecule has 3 amide bonds. The fraction of sp³-hybridized carbons (Fsp3) is 0.550. The number of nitrogens with one attached hydrogen (secondary N) is 3. The van der Waals surface area contributed by atoms with E-state index < -0.39 is 12.0 Å². The van der Waals surface area contributed by atoms with Crippen molar-refractivity contribution >= 4 is 29.3 Å². The third-order valence-corrected chi connectivity index (χ3v) is 4.63. The smallest absolute Gasteiger partial charge is 0.325 e. The quantitative estimate of drug-likeness (QED) is 0.592. The fourth-order valence-corrected chi connectivity index (χ4v) is 2.97. The first-order valence-corrected chi connectivity index (χ1v) is 9.84. The van der Waals surface area contributed by atoms with Crippen LogP contribution in [0.1, 0.15) is 50.4 Å². The third-order valence-electron chi connectivity index (χ3n) is 4.63. The molecule has 1 fully saturated rings. The number of urea groups is 1. The molecule has 0 saturated carbocycles. The average molecular weight is 390 g/mol. The van der Waals surface area contributed by atoms with E-state index in [1.54, 1.807) is 19.1 Å². The minimum Gasteiger partial charge on any atom is -0.465 e. The number of nitrogens with zero attached hydrogens (tertiary/aromatic N) is 1. The molecular weight excluding hydrogens is 360 g/mol. The van der Waals surface area contributed by atoms with Crippen LogP contribution < -0.4 is 20.9 Å². The summed E-state index contributed by atoms with van der Waals surface area (Å²) in [6.07, 6.45) is 3.03. The molecule has 0 bridgehead atoms. The van der Waals surface area contributed by atoms with Gasteiger partial charge in [0, 0.05) is 30.5 Å². The van der Waals surface area contributed by atoms with Crippen molar-refractivity contribution in [2.45, 2.75) is 46.1 Å². The molecule has 0 unspecified atom stereocenters. The van der Waals surface area contributed by atoms with Gasteiger partial charge in [0.05, 0.1) is 12.2 Å². The Hall–Kier alpha value is -2.77. The largest absolute Gasteiger partial charge is 0.465 e. The van der Waals surface area contributed by atoms with Gasteiger partial charge in [-0.3, -0.25) is 9.59 Å². The highest BCUT2D eigenvalue weighted by Crippen LogP contribution is 2.27. The van der Waals surface area contributed by atoms with Gasteiger partial charge in [0.15, 0.2) is 0 Å². The second-order valence-electron chi connectivity index (χ2n) is 6.82. The number of hydrogen-bond acceptors (Lipinski definition) is 5. The van der Waals surface area contributed by atoms with Gasteiger partial charge >= 0.3 is 12.0 Å². The molecule has 1 heterocycles. The highest BCUT2D eigenvalue weighted by Gasteiger charge is 2.21. The van der Waals surface area contributed by atoms with Gasteiger partial charge in [-0.05, 0) is 51.3 Å². The van der Waals surface area contributed by atoms with E-state index in [-0.39, 0.29) is 25.1 Å². The molecule has 1 atom stereocenters. The van der Waals surface area contributed by atoms with Crippen molar-refractivity contribution < 1.29 is 19.1 Å². The van der Waals surface area contributed by atoms with Crippen molar-refractivity contribution in [3.05, 3.63) is 23.8 Å². The molecule has 0 spiro atoms. The summed E-state index contributed by atoms with van der Waals surface area (Å²) < 4.78 is 4.77. The van der Waals surface area contributed by atoms with Crippen LogP contribution in [0.2, 0.25) is 0 Å². The Labute approximate surface area is 166 Å². The van der Waals surface area contributed by atoms with Crippen LogP contribution in [0.15, 0.2) is 18.2 Å². The lowest BCUT2D eigenvalue weighted by Crippen LogP contribution is -2.35. The highest BCUT2D eigenvalue weighted by atomic mass is 16.5. The van der Waals surface area contributed by atoms with E-state index in [9.17, 15) is 14.4 Å². The minimum atomic E-state index is -0.532. The number of carbonyl (C=O) groups excluding carboxylic acids is 3. The fourth-order valence-electron chi connectivity index (χ4n) is 2.97. The molecule has 154 valence electrons. The van der Waals surface area contributed by atoms with Gasteiger partial charge in [-0.15, -0.1) is 0 Å². The van der Waals surface area contributed by atoms with Crippen LogP contribution in [0.5, 0.6) is 0 Å². The van der Waals surface area contributed by atoms with Crippen LogP contribution in [0.25, 0.3) is 0 Å². The first-order valence-electron chi connectivity index (χ1n) is 9.84. The van der Waals surface area contributed by atoms with Crippen LogP contribution in [0, 0.1) is 0 Å². The van der Waals surface area contributed by atoms with Crippen molar-refractivity contribution in [1.82, 2.24) is 10.6 Å². The first kappa shape index (κ1) is 21.5. The van der Waals surface area contributed by atoms with Gasteiger partial charge in [0.25, 0.3) is 5.91 Å². The van der Waals surface area contributed by atoms with E-state index in [1.807, 2.05) is 19.9 Å². The van der Waals surface area contributed by atoms with Gasteiger partial charge in [-0.2, -0.15) is 0 Å². The van der Waals surface area contributed by atoms with Gasteiger partial charge in [-0.25, -0.2) is 4.79 Å². The Kier molecular flexibility index (Phi) is 8.10. The van der Waals surface area contributed by atoms with Crippen LogP contribution in [-0.4, -0.2) is 50.2 Å². The number of carbonyl (C=O) groups is 3. The number of benzene rings is 1. The van der Waals surface area contributed by atoms with Crippen molar-refractivity contribution in [2.24, 2.45) is 0 Å². The average Bonchev–Trinajstić information content (AvgIpc) is 3.21. The van der Waals surface area contributed by atoms with Gasteiger partial charge < -0.3 is 25.6 Å². The molecule has 1 aromatic carbocycles. The summed E-state index contributed by atoms with van der Waals surface area (Å²) >= 11 is 0. The number of anilines is 2. The Morgan fingerprint density at radius 3 is 2.54 bits per heavy atom. The van der Waals surface area contributed by atoms with E-state index in [1.165, 1.54) is 0 Å². The van der Waals surface area contributed by atoms with Crippen molar-refractivity contribution in [1.29, 1.82) is 0 Å². The summed E-state index contributed by atoms with van der Waals surface area (Å²) in [4.78, 5) is 38.3. The van der Waals surface area contributed by atoms with Gasteiger partial charge in [-0.1, -0.05) is 6.92 Å². The SMILES string of the molecule is CCOC(=O)CNC(=O)Nc1ccc(N2CCCC2)c(C(=O)N[C@H](C)CC)c1. The number of ether oxygens (including phenoxy) is 1. The predicted octanol–water partition coefficient (Wildman–Crippen LogP) is 2.50. The van der Waals surface area contributed by atoms with E-state index in [0.717, 1.165) is 38.0 Å². The maximum Gasteiger partial charge on any atom is 0.325 e. The summed E-state index contributed by atoms with van der Waals surface area (Å²) in [5, 5.41) is 8.09. The molecule has 1 aliphatic heterocycles. The topological polar surface area (TPSA) is 99.8 Å². The second kappa shape index (κ2) is 10.5. The maximum absolute atomic E-state index is 12.8. The normalized spacial score (nSPS) is 14.3. The van der Waals surface area contributed by atoms with Crippen LogP contribution in [0.3, 0.4) is 0 Å². The Morgan fingerprint density at radius 2 is 1.89 bits per heavy atom. The molecule has 0 aromatic heterocycles. The molecule has 3 N–H and O–H groups in total. The minimum absolute atomic E-state index is 0.0587. The lowest BCUT2D eigenvalue weighted by Gasteiger charge is -2.23. The van der Waals surface area contributed by atoms with E-state index in [4.69, 9.17) is 4.74 Å². The maximum atomic E-state index is 12.8. The molecule has 28 heavy (non-hydrogen) atoms. The van der Waals surface area contributed by atoms with Gasteiger partial charge in [0.1, 0.15) is 6.54 Å². The zero-order chi connectivity index (χ0) is 20.5. The van der Waals surface area contributed by atoms with Crippen LogP contribution in [0.4, 0.5) is 16.2 Å². The van der Waals surface area contributed by atoms with Crippen molar-refractivity contribution in [3.8, 4) is 0 Å². The van der Waals surface area contributed by atoms with E-state index in [2.05, 4.69) is 20.9 Å². The first-order chi connectivity index (χ1) is 13.4. The summed E-state index contributed by atoms with van der Waals surface area (Å²) in [6.45, 7) is 7.54. The zero-order valence-corrected chi connectivity index (χ0v) is 16.8. The third kappa shape index (κ3) is 6.14. The molecule has 2 rings (SSSR count). The van der Waals surface area contributed by atoms with E-state index in [0.29, 0.717) is 11.3 Å². The number of amides is 3. The number of esters is 1. The predicted molar refractivity (Wildman–Crippen MR) is 109 cm³/mol.